The molecule has 19 heavy (non-hydrogen) atoms. The first kappa shape index (κ1) is 13.2. The van der Waals surface area contributed by atoms with Crippen LogP contribution in [-0.2, 0) is 11.3 Å². The first-order chi connectivity index (χ1) is 9.16. The van der Waals surface area contributed by atoms with Gasteiger partial charge in [0, 0.05) is 11.6 Å². The van der Waals surface area contributed by atoms with Crippen LogP contribution in [0.5, 0.6) is 0 Å². The Hall–Kier alpha value is -2.28. The van der Waals surface area contributed by atoms with Crippen LogP contribution in [0.1, 0.15) is 11.4 Å². The van der Waals surface area contributed by atoms with Gasteiger partial charge in [0.1, 0.15) is 5.82 Å². The maximum atomic E-state index is 13.4. The summed E-state index contributed by atoms with van der Waals surface area (Å²) in [6.45, 7) is 0.130. The highest BCUT2D eigenvalue weighted by Crippen LogP contribution is 2.20. The van der Waals surface area contributed by atoms with Crippen molar-refractivity contribution in [3.8, 4) is 0 Å². The summed E-state index contributed by atoms with van der Waals surface area (Å²) in [6.07, 6.45) is 2.49. The summed E-state index contributed by atoms with van der Waals surface area (Å²) in [7, 11) is 0. The molecule has 2 aromatic rings. The Balaban J connectivity index is 1.96. The van der Waals surface area contributed by atoms with Gasteiger partial charge < -0.3 is 5.32 Å². The summed E-state index contributed by atoms with van der Waals surface area (Å²) in [5.41, 5.74) is 0.166. The minimum Gasteiger partial charge on any atom is -0.345 e. The summed E-state index contributed by atoms with van der Waals surface area (Å²) in [6, 6.07) is 4.30. The molecule has 8 heteroatoms. The predicted octanol–water partition coefficient (Wildman–Crippen LogP) is 1.32. The van der Waals surface area contributed by atoms with Crippen LogP contribution in [0.25, 0.3) is 6.08 Å². The SMILES string of the molecule is O=C(C=Cc1c(F)cccc1Cl)NCc1nn[nH]n1. The van der Waals surface area contributed by atoms with Crippen LogP contribution in [0.4, 0.5) is 4.39 Å². The van der Waals surface area contributed by atoms with Gasteiger partial charge in [0.05, 0.1) is 11.6 Å². The predicted molar refractivity (Wildman–Crippen MR) is 66.5 cm³/mol. The number of H-pyrrole nitrogens is 1. The number of aromatic nitrogens is 4. The van der Waals surface area contributed by atoms with Crippen LogP contribution in [0.2, 0.25) is 5.02 Å². The Kier molecular flexibility index (Phi) is 4.19. The maximum Gasteiger partial charge on any atom is 0.244 e. The van der Waals surface area contributed by atoms with Crippen molar-refractivity contribution in [1.82, 2.24) is 25.9 Å². The van der Waals surface area contributed by atoms with Gasteiger partial charge in [0.25, 0.3) is 0 Å². The monoisotopic (exact) mass is 281 g/mol. The minimum absolute atomic E-state index is 0.130. The molecular weight excluding hydrogens is 273 g/mol. The standard InChI is InChI=1S/C11H9ClFN5O/c12-8-2-1-3-9(13)7(8)4-5-11(19)14-6-10-15-17-18-16-10/h1-5H,6H2,(H,14,19)(H,15,16,17,18). The normalized spacial score (nSPS) is 10.8. The third-order valence-electron chi connectivity index (χ3n) is 2.21. The van der Waals surface area contributed by atoms with Crippen molar-refractivity contribution in [3.05, 3.63) is 46.5 Å². The lowest BCUT2D eigenvalue weighted by molar-refractivity contribution is -0.116. The zero-order valence-electron chi connectivity index (χ0n) is 9.60. The summed E-state index contributed by atoms with van der Waals surface area (Å²) < 4.78 is 13.4. The van der Waals surface area contributed by atoms with Crippen molar-refractivity contribution >= 4 is 23.6 Å². The van der Waals surface area contributed by atoms with E-state index in [1.807, 2.05) is 0 Å². The number of carbonyl (C=O) groups excluding carboxylic acids is 1. The molecule has 1 aromatic carbocycles. The highest BCUT2D eigenvalue weighted by molar-refractivity contribution is 6.32. The summed E-state index contributed by atoms with van der Waals surface area (Å²) >= 11 is 5.82. The van der Waals surface area contributed by atoms with Crippen LogP contribution in [0.3, 0.4) is 0 Å². The van der Waals surface area contributed by atoms with Gasteiger partial charge in [-0.15, -0.1) is 10.2 Å². The Morgan fingerprint density at radius 1 is 1.53 bits per heavy atom. The van der Waals surface area contributed by atoms with E-state index in [4.69, 9.17) is 11.6 Å². The average molecular weight is 282 g/mol. The Morgan fingerprint density at radius 3 is 3.05 bits per heavy atom. The van der Waals surface area contributed by atoms with E-state index in [-0.39, 0.29) is 17.1 Å². The number of aromatic amines is 1. The number of tetrazole rings is 1. The van der Waals surface area contributed by atoms with Crippen LogP contribution >= 0.6 is 11.6 Å². The fraction of sp³-hybridized carbons (Fsp3) is 0.0909. The number of hydrogen-bond acceptors (Lipinski definition) is 4. The first-order valence-electron chi connectivity index (χ1n) is 5.29. The Bertz CT molecular complexity index is 579. The van der Waals surface area contributed by atoms with Crippen molar-refractivity contribution in [2.75, 3.05) is 0 Å². The molecule has 98 valence electrons. The van der Waals surface area contributed by atoms with E-state index in [9.17, 15) is 9.18 Å². The number of hydrogen-bond donors (Lipinski definition) is 2. The molecule has 0 saturated carbocycles. The first-order valence-corrected chi connectivity index (χ1v) is 5.67. The summed E-state index contributed by atoms with van der Waals surface area (Å²) in [5.74, 6) is -0.551. The number of nitrogens with one attached hydrogen (secondary N) is 2. The van der Waals surface area contributed by atoms with Gasteiger partial charge in [0.2, 0.25) is 5.91 Å². The lowest BCUT2D eigenvalue weighted by atomic mass is 10.2. The van der Waals surface area contributed by atoms with E-state index in [2.05, 4.69) is 25.9 Å². The molecule has 6 nitrogen and oxygen atoms in total. The smallest absolute Gasteiger partial charge is 0.244 e. The highest BCUT2D eigenvalue weighted by Gasteiger charge is 2.04. The molecule has 0 fully saturated rings. The molecule has 1 aromatic heterocycles. The lowest BCUT2D eigenvalue weighted by Gasteiger charge is -2.00. The molecule has 0 unspecified atom stereocenters. The third kappa shape index (κ3) is 3.59. The van der Waals surface area contributed by atoms with Crippen molar-refractivity contribution in [3.63, 3.8) is 0 Å². The van der Waals surface area contributed by atoms with Crippen molar-refractivity contribution in [2.24, 2.45) is 0 Å². The molecule has 1 heterocycles. The number of benzene rings is 1. The number of rotatable bonds is 4. The zero-order chi connectivity index (χ0) is 13.7. The number of halogens is 2. The van der Waals surface area contributed by atoms with Crippen molar-refractivity contribution in [2.45, 2.75) is 6.54 Å². The third-order valence-corrected chi connectivity index (χ3v) is 2.54. The van der Waals surface area contributed by atoms with Crippen LogP contribution in [0.15, 0.2) is 24.3 Å². The lowest BCUT2D eigenvalue weighted by Crippen LogP contribution is -2.21. The second kappa shape index (κ2) is 6.05. The summed E-state index contributed by atoms with van der Waals surface area (Å²) in [4.78, 5) is 11.5. The fourth-order valence-electron chi connectivity index (χ4n) is 1.31. The molecule has 0 aliphatic heterocycles. The molecular formula is C11H9ClFN5O. The number of nitrogens with zero attached hydrogens (tertiary/aromatic N) is 3. The van der Waals surface area contributed by atoms with Gasteiger partial charge in [-0.3, -0.25) is 4.79 Å². The van der Waals surface area contributed by atoms with Gasteiger partial charge in [-0.05, 0) is 18.2 Å². The average Bonchev–Trinajstić information content (AvgIpc) is 2.89. The maximum absolute atomic E-state index is 13.4. The van der Waals surface area contributed by atoms with Gasteiger partial charge in [-0.25, -0.2) is 4.39 Å². The molecule has 1 amide bonds. The molecule has 0 bridgehead atoms. The van der Waals surface area contributed by atoms with E-state index < -0.39 is 11.7 Å². The van der Waals surface area contributed by atoms with Gasteiger partial charge in [-0.1, -0.05) is 22.9 Å². The molecule has 0 atom stereocenters. The van der Waals surface area contributed by atoms with E-state index in [0.29, 0.717) is 5.82 Å². The second-order valence-corrected chi connectivity index (χ2v) is 3.92. The quantitative estimate of drug-likeness (QED) is 0.828. The molecule has 2 N–H and O–H groups in total. The van der Waals surface area contributed by atoms with E-state index in [1.54, 1.807) is 6.07 Å². The van der Waals surface area contributed by atoms with Gasteiger partial charge >= 0.3 is 0 Å². The van der Waals surface area contributed by atoms with E-state index >= 15 is 0 Å². The molecule has 0 saturated heterocycles. The number of carbonyl (C=O) groups is 1. The molecule has 0 aliphatic carbocycles. The fourth-order valence-corrected chi connectivity index (χ4v) is 1.54. The highest BCUT2D eigenvalue weighted by atomic mass is 35.5. The molecule has 0 aliphatic rings. The van der Waals surface area contributed by atoms with Crippen LogP contribution in [0, 0.1) is 5.82 Å². The summed E-state index contributed by atoms with van der Waals surface area (Å²) in [5, 5.41) is 15.7. The second-order valence-electron chi connectivity index (χ2n) is 3.51. The topological polar surface area (TPSA) is 83.6 Å². The van der Waals surface area contributed by atoms with E-state index in [0.717, 1.165) is 0 Å². The zero-order valence-corrected chi connectivity index (χ0v) is 10.4. The minimum atomic E-state index is -0.491. The van der Waals surface area contributed by atoms with Gasteiger partial charge in [-0.2, -0.15) is 5.21 Å². The van der Waals surface area contributed by atoms with E-state index in [1.165, 1.54) is 24.3 Å². The Morgan fingerprint density at radius 2 is 2.37 bits per heavy atom. The largest absolute Gasteiger partial charge is 0.345 e. The molecule has 2 rings (SSSR count). The molecule has 0 radical (unpaired) electrons. The molecule has 0 spiro atoms. The van der Waals surface area contributed by atoms with Crippen molar-refractivity contribution < 1.29 is 9.18 Å². The number of amides is 1. The van der Waals surface area contributed by atoms with Gasteiger partial charge in [0.15, 0.2) is 5.82 Å². The van der Waals surface area contributed by atoms with Crippen LogP contribution in [-0.4, -0.2) is 26.5 Å². The Labute approximate surface area is 112 Å². The van der Waals surface area contributed by atoms with Crippen molar-refractivity contribution in [1.29, 1.82) is 0 Å². The van der Waals surface area contributed by atoms with Crippen LogP contribution < -0.4 is 5.32 Å².